The number of carbonyl (C=O) groups excluding carboxylic acids is 2. The number of benzene rings is 3. The first-order valence-corrected chi connectivity index (χ1v) is 10.5. The topological polar surface area (TPSA) is 67.9 Å². The lowest BCUT2D eigenvalue weighted by atomic mass is 10.1. The number of morpholine rings is 1. The molecule has 3 aromatic rings. The third-order valence-corrected chi connectivity index (χ3v) is 5.35. The Kier molecular flexibility index (Phi) is 6.48. The average Bonchev–Trinajstić information content (AvgIpc) is 2.80. The number of nitrogens with one attached hydrogen (secondary N) is 1. The van der Waals surface area contributed by atoms with E-state index in [1.807, 2.05) is 66.7 Å². The number of esters is 1. The quantitative estimate of drug-likeness (QED) is 0.617. The maximum atomic E-state index is 12.4. The number of hydrogen-bond donors (Lipinski definition) is 1. The molecule has 1 aliphatic rings. The van der Waals surface area contributed by atoms with Crippen LogP contribution in [-0.2, 0) is 25.5 Å². The molecule has 31 heavy (non-hydrogen) atoms. The van der Waals surface area contributed by atoms with Gasteiger partial charge >= 0.3 is 5.97 Å². The third kappa shape index (κ3) is 5.41. The molecule has 6 nitrogen and oxygen atoms in total. The fourth-order valence-electron chi connectivity index (χ4n) is 3.63. The van der Waals surface area contributed by atoms with Gasteiger partial charge in [0.2, 0.25) is 0 Å². The smallest absolute Gasteiger partial charge is 0.311 e. The van der Waals surface area contributed by atoms with E-state index in [2.05, 4.69) is 10.2 Å². The molecule has 1 atom stereocenters. The van der Waals surface area contributed by atoms with Crippen molar-refractivity contribution in [3.05, 3.63) is 72.3 Å². The second-order valence-electron chi connectivity index (χ2n) is 7.63. The molecule has 0 unspecified atom stereocenters. The van der Waals surface area contributed by atoms with Gasteiger partial charge in [-0.3, -0.25) is 9.59 Å². The van der Waals surface area contributed by atoms with E-state index in [1.54, 1.807) is 6.92 Å². The van der Waals surface area contributed by atoms with Crippen LogP contribution in [0.5, 0.6) is 0 Å². The highest BCUT2D eigenvalue weighted by atomic mass is 16.5. The van der Waals surface area contributed by atoms with Gasteiger partial charge in [-0.05, 0) is 47.5 Å². The largest absolute Gasteiger partial charge is 0.452 e. The Balaban J connectivity index is 1.29. The van der Waals surface area contributed by atoms with Crippen LogP contribution in [0.15, 0.2) is 66.7 Å². The molecule has 1 aliphatic heterocycles. The van der Waals surface area contributed by atoms with Crippen molar-refractivity contribution < 1.29 is 19.1 Å². The number of fused-ring (bicyclic) bond motifs is 1. The number of amides is 1. The van der Waals surface area contributed by atoms with Crippen LogP contribution in [0.1, 0.15) is 12.5 Å². The van der Waals surface area contributed by atoms with E-state index >= 15 is 0 Å². The van der Waals surface area contributed by atoms with Crippen LogP contribution >= 0.6 is 0 Å². The van der Waals surface area contributed by atoms with Crippen molar-refractivity contribution in [3.63, 3.8) is 0 Å². The number of rotatable bonds is 6. The summed E-state index contributed by atoms with van der Waals surface area (Å²) in [5.41, 5.74) is 2.62. The van der Waals surface area contributed by atoms with Crippen LogP contribution in [-0.4, -0.2) is 44.3 Å². The molecule has 4 rings (SSSR count). The Bertz CT molecular complexity index is 1060. The van der Waals surface area contributed by atoms with Gasteiger partial charge in [0.05, 0.1) is 19.6 Å². The van der Waals surface area contributed by atoms with Crippen LogP contribution in [0, 0.1) is 0 Å². The van der Waals surface area contributed by atoms with E-state index in [0.717, 1.165) is 48.3 Å². The highest BCUT2D eigenvalue weighted by Crippen LogP contribution is 2.20. The van der Waals surface area contributed by atoms with Crippen LogP contribution in [0.2, 0.25) is 0 Å². The lowest BCUT2D eigenvalue weighted by molar-refractivity contribution is -0.152. The number of ether oxygens (including phenoxy) is 2. The summed E-state index contributed by atoms with van der Waals surface area (Å²) in [5.74, 6) is -0.786. The van der Waals surface area contributed by atoms with Gasteiger partial charge in [0.15, 0.2) is 6.10 Å². The highest BCUT2D eigenvalue weighted by Gasteiger charge is 2.19. The minimum absolute atomic E-state index is 0.122. The van der Waals surface area contributed by atoms with E-state index in [-0.39, 0.29) is 12.3 Å². The molecule has 0 radical (unpaired) electrons. The predicted molar refractivity (Wildman–Crippen MR) is 121 cm³/mol. The number of nitrogens with zero attached hydrogens (tertiary/aromatic N) is 1. The SMILES string of the molecule is C[C@H](OC(=O)Cc1ccc2ccccc2c1)C(=O)Nc1ccc(N2CCOCC2)cc1. The minimum Gasteiger partial charge on any atom is -0.452 e. The van der Waals surface area contributed by atoms with Crippen LogP contribution in [0.4, 0.5) is 11.4 Å². The molecule has 0 saturated carbocycles. The lowest BCUT2D eigenvalue weighted by Crippen LogP contribution is -2.36. The minimum atomic E-state index is -0.883. The van der Waals surface area contributed by atoms with Gasteiger partial charge in [0.1, 0.15) is 0 Å². The summed E-state index contributed by atoms with van der Waals surface area (Å²) in [6.45, 7) is 4.74. The summed E-state index contributed by atoms with van der Waals surface area (Å²) in [7, 11) is 0. The van der Waals surface area contributed by atoms with Crippen molar-refractivity contribution in [1.82, 2.24) is 0 Å². The lowest BCUT2D eigenvalue weighted by Gasteiger charge is -2.28. The fourth-order valence-corrected chi connectivity index (χ4v) is 3.63. The monoisotopic (exact) mass is 418 g/mol. The summed E-state index contributed by atoms with van der Waals surface area (Å²) in [6, 6.07) is 21.5. The molecule has 0 spiro atoms. The Morgan fingerprint density at radius 3 is 2.45 bits per heavy atom. The van der Waals surface area contributed by atoms with Crippen LogP contribution in [0.25, 0.3) is 10.8 Å². The fraction of sp³-hybridized carbons (Fsp3) is 0.280. The third-order valence-electron chi connectivity index (χ3n) is 5.35. The van der Waals surface area contributed by atoms with E-state index in [0.29, 0.717) is 5.69 Å². The van der Waals surface area contributed by atoms with Crippen molar-refractivity contribution in [2.45, 2.75) is 19.4 Å². The zero-order valence-corrected chi connectivity index (χ0v) is 17.5. The molecule has 1 N–H and O–H groups in total. The maximum absolute atomic E-state index is 12.4. The molecular weight excluding hydrogens is 392 g/mol. The van der Waals surface area contributed by atoms with Gasteiger partial charge in [0.25, 0.3) is 5.91 Å². The van der Waals surface area contributed by atoms with Gasteiger partial charge in [-0.2, -0.15) is 0 Å². The second-order valence-corrected chi connectivity index (χ2v) is 7.63. The van der Waals surface area contributed by atoms with Crippen molar-refractivity contribution in [3.8, 4) is 0 Å². The van der Waals surface area contributed by atoms with Gasteiger partial charge in [0, 0.05) is 24.5 Å². The summed E-state index contributed by atoms with van der Waals surface area (Å²) in [6.07, 6.45) is -0.761. The van der Waals surface area contributed by atoms with E-state index in [1.165, 1.54) is 0 Å². The summed E-state index contributed by atoms with van der Waals surface area (Å²) < 4.78 is 10.7. The molecule has 1 saturated heterocycles. The summed E-state index contributed by atoms with van der Waals surface area (Å²) in [4.78, 5) is 27.0. The zero-order valence-electron chi connectivity index (χ0n) is 17.5. The number of anilines is 2. The van der Waals surface area contributed by atoms with Gasteiger partial charge in [-0.15, -0.1) is 0 Å². The zero-order chi connectivity index (χ0) is 21.6. The number of hydrogen-bond acceptors (Lipinski definition) is 5. The van der Waals surface area contributed by atoms with Gasteiger partial charge < -0.3 is 19.7 Å². The Hall–Kier alpha value is -3.38. The molecule has 0 aliphatic carbocycles. The molecule has 0 aromatic heterocycles. The second kappa shape index (κ2) is 9.62. The van der Waals surface area contributed by atoms with Crippen molar-refractivity contribution >= 4 is 34.0 Å². The average molecular weight is 418 g/mol. The van der Waals surface area contributed by atoms with Crippen molar-refractivity contribution in [2.24, 2.45) is 0 Å². The first-order chi connectivity index (χ1) is 15.1. The number of carbonyl (C=O) groups is 2. The van der Waals surface area contributed by atoms with Gasteiger partial charge in [-0.1, -0.05) is 42.5 Å². The van der Waals surface area contributed by atoms with E-state index in [9.17, 15) is 9.59 Å². The Morgan fingerprint density at radius 1 is 1.00 bits per heavy atom. The molecule has 160 valence electrons. The molecular formula is C25H26N2O4. The first-order valence-electron chi connectivity index (χ1n) is 10.5. The Morgan fingerprint density at radius 2 is 1.71 bits per heavy atom. The van der Waals surface area contributed by atoms with Crippen LogP contribution in [0.3, 0.4) is 0 Å². The maximum Gasteiger partial charge on any atom is 0.311 e. The summed E-state index contributed by atoms with van der Waals surface area (Å²) >= 11 is 0. The standard InChI is InChI=1S/C25H26N2O4/c1-18(31-24(28)17-19-6-7-20-4-2-3-5-21(20)16-19)25(29)26-22-8-10-23(11-9-22)27-12-14-30-15-13-27/h2-11,16,18H,12-15,17H2,1H3,(H,26,29)/t18-/m0/s1. The Labute approximate surface area is 181 Å². The van der Waals surface area contributed by atoms with Crippen LogP contribution < -0.4 is 10.2 Å². The van der Waals surface area contributed by atoms with Gasteiger partial charge in [-0.25, -0.2) is 0 Å². The summed E-state index contributed by atoms with van der Waals surface area (Å²) in [5, 5.41) is 4.99. The van der Waals surface area contributed by atoms with E-state index < -0.39 is 12.1 Å². The molecule has 3 aromatic carbocycles. The molecule has 1 heterocycles. The normalized spacial score (nSPS) is 14.8. The molecule has 0 bridgehead atoms. The molecule has 1 fully saturated rings. The van der Waals surface area contributed by atoms with Crippen molar-refractivity contribution in [1.29, 1.82) is 0 Å². The first kappa shape index (κ1) is 20.9. The highest BCUT2D eigenvalue weighted by molar-refractivity contribution is 5.95. The van der Waals surface area contributed by atoms with E-state index in [4.69, 9.17) is 9.47 Å². The van der Waals surface area contributed by atoms with Crippen molar-refractivity contribution in [2.75, 3.05) is 36.5 Å². The molecule has 1 amide bonds. The molecule has 6 heteroatoms. The predicted octanol–water partition coefficient (Wildman–Crippen LogP) is 3.79.